The van der Waals surface area contributed by atoms with Crippen LogP contribution in [0.25, 0.3) is 0 Å². The first-order valence-corrected chi connectivity index (χ1v) is 8.37. The summed E-state index contributed by atoms with van der Waals surface area (Å²) in [4.78, 5) is 4.02. The lowest BCUT2D eigenvalue weighted by molar-refractivity contribution is 0.347. The number of fused-ring (bicyclic) bond motifs is 1. The van der Waals surface area contributed by atoms with Crippen molar-refractivity contribution in [2.45, 2.75) is 12.5 Å². The Morgan fingerprint density at radius 2 is 1.85 bits per heavy atom. The second-order valence-corrected chi connectivity index (χ2v) is 6.94. The quantitative estimate of drug-likeness (QED) is 0.849. The predicted molar refractivity (Wildman–Crippen MR) is 77.8 cm³/mol. The maximum Gasteiger partial charge on any atom is 0.212 e. The molecule has 1 aromatic heterocycles. The second-order valence-electron chi connectivity index (χ2n) is 5.01. The summed E-state index contributed by atoms with van der Waals surface area (Å²) in [6.45, 7) is 0.517. The first kappa shape index (κ1) is 13.3. The van der Waals surface area contributed by atoms with Crippen LogP contribution < -0.4 is 0 Å². The van der Waals surface area contributed by atoms with E-state index in [4.69, 9.17) is 0 Å². The third-order valence-corrected chi connectivity index (χ3v) is 4.93. The van der Waals surface area contributed by atoms with Gasteiger partial charge in [-0.2, -0.15) is 4.31 Å². The van der Waals surface area contributed by atoms with Gasteiger partial charge in [0.05, 0.1) is 12.3 Å². The van der Waals surface area contributed by atoms with E-state index in [-0.39, 0.29) is 6.04 Å². The number of hydrogen-bond donors (Lipinski definition) is 0. The highest BCUT2D eigenvalue weighted by atomic mass is 32.2. The number of pyridine rings is 1. The Balaban J connectivity index is 2.18. The van der Waals surface area contributed by atoms with Crippen LogP contribution in [0.1, 0.15) is 22.7 Å². The molecule has 1 aliphatic heterocycles. The van der Waals surface area contributed by atoms with Crippen LogP contribution in [-0.2, 0) is 16.4 Å². The number of benzene rings is 1. The zero-order valence-electron chi connectivity index (χ0n) is 11.2. The van der Waals surface area contributed by atoms with Crippen LogP contribution in [0, 0.1) is 0 Å². The van der Waals surface area contributed by atoms with Crippen LogP contribution in [0.15, 0.2) is 48.8 Å². The summed E-state index contributed by atoms with van der Waals surface area (Å²) in [5, 5.41) is 0. The SMILES string of the molecule is CS(=O)(=O)N1CCc2ccccc2C1c1ccncc1. The zero-order chi connectivity index (χ0) is 14.2. The molecule has 2 heterocycles. The minimum atomic E-state index is -3.25. The largest absolute Gasteiger partial charge is 0.265 e. The van der Waals surface area contributed by atoms with Crippen LogP contribution >= 0.6 is 0 Å². The Labute approximate surface area is 119 Å². The highest BCUT2D eigenvalue weighted by Gasteiger charge is 2.33. The Hall–Kier alpha value is -1.72. The van der Waals surface area contributed by atoms with Gasteiger partial charge in [-0.1, -0.05) is 24.3 Å². The van der Waals surface area contributed by atoms with Gasteiger partial charge in [-0.15, -0.1) is 0 Å². The Bertz CT molecular complexity index is 714. The topological polar surface area (TPSA) is 50.3 Å². The molecule has 0 saturated carbocycles. The molecule has 4 nitrogen and oxygen atoms in total. The van der Waals surface area contributed by atoms with Crippen molar-refractivity contribution in [2.75, 3.05) is 12.8 Å². The van der Waals surface area contributed by atoms with Crippen LogP contribution in [0.4, 0.5) is 0 Å². The highest BCUT2D eigenvalue weighted by Crippen LogP contribution is 2.36. The lowest BCUT2D eigenvalue weighted by Gasteiger charge is -2.35. The van der Waals surface area contributed by atoms with Crippen molar-refractivity contribution < 1.29 is 8.42 Å². The number of hydrogen-bond acceptors (Lipinski definition) is 3. The average Bonchev–Trinajstić information content (AvgIpc) is 2.46. The molecule has 2 aromatic rings. The molecule has 1 aliphatic rings. The van der Waals surface area contributed by atoms with Crippen LogP contribution in [0.2, 0.25) is 0 Å². The average molecular weight is 288 g/mol. The van der Waals surface area contributed by atoms with Crippen molar-refractivity contribution in [3.05, 3.63) is 65.5 Å². The third kappa shape index (κ3) is 2.34. The minimum Gasteiger partial charge on any atom is -0.265 e. The van der Waals surface area contributed by atoms with Gasteiger partial charge in [-0.3, -0.25) is 4.98 Å². The summed E-state index contributed by atoms with van der Waals surface area (Å²) >= 11 is 0. The van der Waals surface area contributed by atoms with E-state index < -0.39 is 10.0 Å². The highest BCUT2D eigenvalue weighted by molar-refractivity contribution is 7.88. The molecule has 1 unspecified atom stereocenters. The van der Waals surface area contributed by atoms with Crippen LogP contribution in [0.3, 0.4) is 0 Å². The van der Waals surface area contributed by atoms with Gasteiger partial charge >= 0.3 is 0 Å². The molecule has 0 radical (unpaired) electrons. The summed E-state index contributed by atoms with van der Waals surface area (Å²) < 4.78 is 25.8. The van der Waals surface area contributed by atoms with E-state index in [0.29, 0.717) is 6.54 Å². The van der Waals surface area contributed by atoms with Crippen molar-refractivity contribution >= 4 is 10.0 Å². The van der Waals surface area contributed by atoms with E-state index in [1.54, 1.807) is 16.7 Å². The van der Waals surface area contributed by atoms with E-state index >= 15 is 0 Å². The van der Waals surface area contributed by atoms with E-state index in [1.165, 1.54) is 11.8 Å². The van der Waals surface area contributed by atoms with Gasteiger partial charge in [-0.05, 0) is 35.2 Å². The molecule has 104 valence electrons. The Morgan fingerprint density at radius 3 is 2.55 bits per heavy atom. The summed E-state index contributed by atoms with van der Waals surface area (Å²) in [6, 6.07) is 11.5. The van der Waals surface area contributed by atoms with E-state index in [0.717, 1.165) is 17.5 Å². The van der Waals surface area contributed by atoms with Gasteiger partial charge in [0.25, 0.3) is 0 Å². The van der Waals surface area contributed by atoms with Crippen molar-refractivity contribution in [3.8, 4) is 0 Å². The molecule has 0 aliphatic carbocycles. The predicted octanol–water partition coefficient (Wildman–Crippen LogP) is 1.99. The molecule has 3 rings (SSSR count). The standard InChI is InChI=1S/C15H16N2O2S/c1-20(18,19)17-11-8-12-4-2-3-5-14(12)15(17)13-6-9-16-10-7-13/h2-7,9-10,15H,8,11H2,1H3. The van der Waals surface area contributed by atoms with Crippen LogP contribution in [0.5, 0.6) is 0 Å². The van der Waals surface area contributed by atoms with Gasteiger partial charge in [0.2, 0.25) is 10.0 Å². The lowest BCUT2D eigenvalue weighted by atomic mass is 9.90. The third-order valence-electron chi connectivity index (χ3n) is 3.69. The summed E-state index contributed by atoms with van der Waals surface area (Å²) in [6.07, 6.45) is 5.43. The molecule has 0 spiro atoms. The van der Waals surface area contributed by atoms with E-state index in [9.17, 15) is 8.42 Å². The molecular weight excluding hydrogens is 272 g/mol. The van der Waals surface area contributed by atoms with Crippen molar-refractivity contribution in [3.63, 3.8) is 0 Å². The van der Waals surface area contributed by atoms with Gasteiger partial charge in [-0.25, -0.2) is 8.42 Å². The number of rotatable bonds is 2. The Morgan fingerprint density at radius 1 is 1.15 bits per heavy atom. The first-order valence-electron chi connectivity index (χ1n) is 6.52. The van der Waals surface area contributed by atoms with Crippen LogP contribution in [-0.4, -0.2) is 30.5 Å². The summed E-state index contributed by atoms with van der Waals surface area (Å²) in [5.41, 5.74) is 3.24. The monoisotopic (exact) mass is 288 g/mol. The summed E-state index contributed by atoms with van der Waals surface area (Å²) in [5.74, 6) is 0. The maximum absolute atomic E-state index is 12.1. The number of sulfonamides is 1. The van der Waals surface area contributed by atoms with Gasteiger partial charge < -0.3 is 0 Å². The molecule has 0 N–H and O–H groups in total. The van der Waals surface area contributed by atoms with E-state index in [1.807, 2.05) is 30.3 Å². The molecule has 0 bridgehead atoms. The maximum atomic E-state index is 12.1. The molecule has 1 atom stereocenters. The molecule has 0 fully saturated rings. The number of aromatic nitrogens is 1. The summed E-state index contributed by atoms with van der Waals surface area (Å²) in [7, 11) is -3.25. The van der Waals surface area contributed by atoms with Crippen molar-refractivity contribution in [1.29, 1.82) is 0 Å². The molecule has 1 aromatic carbocycles. The molecule has 0 amide bonds. The zero-order valence-corrected chi connectivity index (χ0v) is 12.0. The Kier molecular flexibility index (Phi) is 3.31. The fourth-order valence-corrected chi connectivity index (χ4v) is 3.83. The fraction of sp³-hybridized carbons (Fsp3) is 0.267. The van der Waals surface area contributed by atoms with Crippen molar-refractivity contribution in [1.82, 2.24) is 9.29 Å². The fourth-order valence-electron chi connectivity index (χ4n) is 2.79. The first-order chi connectivity index (χ1) is 9.57. The normalized spacial score (nSPS) is 19.6. The molecular formula is C15H16N2O2S. The smallest absolute Gasteiger partial charge is 0.212 e. The molecule has 0 saturated heterocycles. The molecule has 5 heteroatoms. The van der Waals surface area contributed by atoms with Crippen molar-refractivity contribution in [2.24, 2.45) is 0 Å². The van der Waals surface area contributed by atoms with Gasteiger partial charge in [0, 0.05) is 18.9 Å². The van der Waals surface area contributed by atoms with E-state index in [2.05, 4.69) is 11.1 Å². The molecule has 20 heavy (non-hydrogen) atoms. The minimum absolute atomic E-state index is 0.252. The van der Waals surface area contributed by atoms with Gasteiger partial charge in [0.1, 0.15) is 0 Å². The van der Waals surface area contributed by atoms with Gasteiger partial charge in [0.15, 0.2) is 0 Å². The number of nitrogens with zero attached hydrogens (tertiary/aromatic N) is 2. The lowest BCUT2D eigenvalue weighted by Crippen LogP contribution is -2.39. The second kappa shape index (κ2) is 5.00.